The molecule has 0 aliphatic carbocycles. The van der Waals surface area contributed by atoms with E-state index < -0.39 is 31.0 Å². The summed E-state index contributed by atoms with van der Waals surface area (Å²) < 4.78 is 43.4. The van der Waals surface area contributed by atoms with E-state index in [1.807, 2.05) is 0 Å². The Morgan fingerprint density at radius 2 is 1.95 bits per heavy atom. The van der Waals surface area contributed by atoms with Crippen molar-refractivity contribution >= 4 is 22.0 Å². The van der Waals surface area contributed by atoms with E-state index in [4.69, 9.17) is 9.84 Å². The van der Waals surface area contributed by atoms with Gasteiger partial charge in [-0.25, -0.2) is 4.79 Å². The van der Waals surface area contributed by atoms with Crippen molar-refractivity contribution in [3.63, 3.8) is 0 Å². The number of benzene rings is 1. The molecule has 0 unspecified atom stereocenters. The number of amides is 1. The first-order chi connectivity index (χ1) is 9.29. The maximum Gasteiger partial charge on any atom is 0.416 e. The largest absolute Gasteiger partial charge is 0.465 e. The molecular formula is C12H11BrF3NO3. The molecule has 1 aromatic carbocycles. The van der Waals surface area contributed by atoms with Gasteiger partial charge in [-0.15, -0.1) is 0 Å². The third-order valence-electron chi connectivity index (χ3n) is 3.06. The zero-order valence-corrected chi connectivity index (χ0v) is 11.7. The molecule has 0 bridgehead atoms. The van der Waals surface area contributed by atoms with Crippen molar-refractivity contribution in [3.05, 3.63) is 34.3 Å². The van der Waals surface area contributed by atoms with Gasteiger partial charge in [-0.3, -0.25) is 4.90 Å². The number of carboxylic acid groups (broad SMARTS) is 1. The number of morpholine rings is 1. The summed E-state index contributed by atoms with van der Waals surface area (Å²) in [5, 5.41) is 9.10. The fourth-order valence-corrected chi connectivity index (χ4v) is 2.29. The first kappa shape index (κ1) is 15.1. The van der Waals surface area contributed by atoms with Crippen LogP contribution in [0, 0.1) is 0 Å². The second-order valence-corrected chi connectivity index (χ2v) is 5.28. The molecule has 110 valence electrons. The molecule has 1 saturated heterocycles. The van der Waals surface area contributed by atoms with Gasteiger partial charge in [0.1, 0.15) is 0 Å². The minimum absolute atomic E-state index is 0.321. The number of nitrogens with zero attached hydrogens (tertiary/aromatic N) is 1. The van der Waals surface area contributed by atoms with Crippen LogP contribution in [0.15, 0.2) is 28.7 Å². The molecule has 1 N–H and O–H groups in total. The fourth-order valence-electron chi connectivity index (χ4n) is 2.03. The Morgan fingerprint density at radius 1 is 1.35 bits per heavy atom. The molecule has 1 aromatic rings. The maximum absolute atomic E-state index is 12.6. The van der Waals surface area contributed by atoms with Gasteiger partial charge < -0.3 is 9.84 Å². The lowest BCUT2D eigenvalue weighted by atomic mass is 10.0. The molecule has 8 heteroatoms. The van der Waals surface area contributed by atoms with E-state index in [0.717, 1.165) is 9.37 Å². The number of halogens is 4. The molecule has 2 atom stereocenters. The number of carbonyl (C=O) groups is 1. The van der Waals surface area contributed by atoms with Crippen molar-refractivity contribution < 1.29 is 27.8 Å². The van der Waals surface area contributed by atoms with E-state index in [1.54, 1.807) is 24.3 Å². The average molecular weight is 354 g/mol. The zero-order valence-electron chi connectivity index (χ0n) is 10.1. The molecule has 0 aromatic heterocycles. The summed E-state index contributed by atoms with van der Waals surface area (Å²) >= 11 is 3.24. The van der Waals surface area contributed by atoms with Gasteiger partial charge in [0.15, 0.2) is 6.10 Å². The van der Waals surface area contributed by atoms with E-state index in [0.29, 0.717) is 5.56 Å². The number of ether oxygens (including phenoxy) is 1. The standard InChI is InChI=1S/C12H11BrF3NO3/c13-8-3-1-7(2-4-8)9-6-20-10(12(14,15)16)5-17(9)11(18)19/h1-4,9-10H,5-6H2,(H,18,19)/t9-,10+/m0/s1. The van der Waals surface area contributed by atoms with Crippen LogP contribution in [0.4, 0.5) is 18.0 Å². The van der Waals surface area contributed by atoms with Crippen molar-refractivity contribution in [3.8, 4) is 0 Å². The van der Waals surface area contributed by atoms with E-state index >= 15 is 0 Å². The summed E-state index contributed by atoms with van der Waals surface area (Å²) in [4.78, 5) is 11.9. The van der Waals surface area contributed by atoms with Crippen molar-refractivity contribution in [2.75, 3.05) is 13.2 Å². The molecule has 1 amide bonds. The van der Waals surface area contributed by atoms with Gasteiger partial charge in [0.2, 0.25) is 0 Å². The van der Waals surface area contributed by atoms with Gasteiger partial charge in [0, 0.05) is 4.47 Å². The van der Waals surface area contributed by atoms with Gasteiger partial charge >= 0.3 is 12.3 Å². The van der Waals surface area contributed by atoms with Crippen LogP contribution in [-0.4, -0.2) is 41.5 Å². The average Bonchev–Trinajstić information content (AvgIpc) is 2.38. The number of hydrogen-bond donors (Lipinski definition) is 1. The van der Waals surface area contributed by atoms with E-state index in [-0.39, 0.29) is 6.61 Å². The quantitative estimate of drug-likeness (QED) is 0.841. The minimum atomic E-state index is -4.57. The molecule has 0 saturated carbocycles. The lowest BCUT2D eigenvalue weighted by Gasteiger charge is -2.38. The topological polar surface area (TPSA) is 49.8 Å². The normalized spacial score (nSPS) is 23.7. The summed E-state index contributed by atoms with van der Waals surface area (Å²) in [5.41, 5.74) is 0.594. The van der Waals surface area contributed by atoms with Crippen molar-refractivity contribution in [2.24, 2.45) is 0 Å². The minimum Gasteiger partial charge on any atom is -0.465 e. The van der Waals surface area contributed by atoms with E-state index in [9.17, 15) is 18.0 Å². The molecule has 1 aliphatic heterocycles. The van der Waals surface area contributed by atoms with Crippen LogP contribution in [0.5, 0.6) is 0 Å². The lowest BCUT2D eigenvalue weighted by molar-refractivity contribution is -0.241. The summed E-state index contributed by atoms with van der Waals surface area (Å²) in [7, 11) is 0. The molecule has 20 heavy (non-hydrogen) atoms. The molecule has 1 aliphatic rings. The highest BCUT2D eigenvalue weighted by Crippen LogP contribution is 2.33. The second kappa shape index (κ2) is 5.61. The summed E-state index contributed by atoms with van der Waals surface area (Å²) in [6.45, 7) is -1.04. The van der Waals surface area contributed by atoms with Crippen LogP contribution in [-0.2, 0) is 4.74 Å². The monoisotopic (exact) mass is 353 g/mol. The Morgan fingerprint density at radius 3 is 2.45 bits per heavy atom. The van der Waals surface area contributed by atoms with Gasteiger partial charge in [-0.05, 0) is 17.7 Å². The summed E-state index contributed by atoms with van der Waals surface area (Å²) in [5.74, 6) is 0. The predicted octanol–water partition coefficient (Wildman–Crippen LogP) is 3.43. The molecule has 4 nitrogen and oxygen atoms in total. The Labute approximate surface area is 121 Å². The SMILES string of the molecule is O=C(O)N1C[C@H](C(F)(F)F)OC[C@H]1c1ccc(Br)cc1. The molecule has 2 rings (SSSR count). The fraction of sp³-hybridized carbons (Fsp3) is 0.417. The zero-order chi connectivity index (χ0) is 14.9. The van der Waals surface area contributed by atoms with Gasteiger partial charge in [0.05, 0.1) is 19.2 Å². The molecule has 0 radical (unpaired) electrons. The maximum atomic E-state index is 12.6. The van der Waals surface area contributed by atoms with Crippen molar-refractivity contribution in [2.45, 2.75) is 18.3 Å². The third kappa shape index (κ3) is 3.24. The number of hydrogen-bond acceptors (Lipinski definition) is 2. The van der Waals surface area contributed by atoms with Gasteiger partial charge in [-0.1, -0.05) is 28.1 Å². The number of rotatable bonds is 1. The Kier molecular flexibility index (Phi) is 4.24. The first-order valence-electron chi connectivity index (χ1n) is 5.72. The van der Waals surface area contributed by atoms with Gasteiger partial charge in [0.25, 0.3) is 0 Å². The highest BCUT2D eigenvalue weighted by Gasteiger charge is 2.47. The summed E-state index contributed by atoms with van der Waals surface area (Å²) in [6, 6.07) is 5.97. The molecule has 1 heterocycles. The van der Waals surface area contributed by atoms with Crippen LogP contribution in [0.25, 0.3) is 0 Å². The Bertz CT molecular complexity index is 492. The third-order valence-corrected chi connectivity index (χ3v) is 3.59. The van der Waals surface area contributed by atoms with Crippen LogP contribution in [0.1, 0.15) is 11.6 Å². The highest BCUT2D eigenvalue weighted by molar-refractivity contribution is 9.10. The van der Waals surface area contributed by atoms with E-state index in [1.165, 1.54) is 0 Å². The van der Waals surface area contributed by atoms with Crippen LogP contribution in [0.2, 0.25) is 0 Å². The molecular weight excluding hydrogens is 343 g/mol. The molecule has 0 spiro atoms. The lowest BCUT2D eigenvalue weighted by Crippen LogP contribution is -2.52. The van der Waals surface area contributed by atoms with Crippen LogP contribution < -0.4 is 0 Å². The Hall–Kier alpha value is -1.28. The highest BCUT2D eigenvalue weighted by atomic mass is 79.9. The predicted molar refractivity (Wildman–Crippen MR) is 67.4 cm³/mol. The van der Waals surface area contributed by atoms with Gasteiger partial charge in [-0.2, -0.15) is 13.2 Å². The summed E-state index contributed by atoms with van der Waals surface area (Å²) in [6.07, 6.45) is -8.04. The van der Waals surface area contributed by atoms with E-state index in [2.05, 4.69) is 15.9 Å². The first-order valence-corrected chi connectivity index (χ1v) is 6.51. The second-order valence-electron chi connectivity index (χ2n) is 4.37. The van der Waals surface area contributed by atoms with Crippen molar-refractivity contribution in [1.29, 1.82) is 0 Å². The van der Waals surface area contributed by atoms with Crippen molar-refractivity contribution in [1.82, 2.24) is 4.90 Å². The smallest absolute Gasteiger partial charge is 0.416 e. The number of alkyl halides is 3. The Balaban J connectivity index is 2.22. The van der Waals surface area contributed by atoms with Crippen LogP contribution in [0.3, 0.4) is 0 Å². The molecule has 1 fully saturated rings. The van der Waals surface area contributed by atoms with Crippen LogP contribution >= 0.6 is 15.9 Å².